The summed E-state index contributed by atoms with van der Waals surface area (Å²) in [5.74, 6) is 0. The summed E-state index contributed by atoms with van der Waals surface area (Å²) in [6.45, 7) is 0. The fourth-order valence-electron chi connectivity index (χ4n) is 0.0579. The highest BCUT2D eigenvalue weighted by molar-refractivity contribution is 4.57. The first-order valence-electron chi connectivity index (χ1n) is 1.25. The predicted octanol–water partition coefficient (Wildman–Crippen LogP) is 0.384. The van der Waals surface area contributed by atoms with Crippen molar-refractivity contribution in [2.45, 2.75) is 0 Å². The standard InChI is InChI=1S/CHN5O/c2-1-6(7)5-4-3/h7H. The van der Waals surface area contributed by atoms with Gasteiger partial charge in [-0.15, -0.1) is 10.8 Å². The molecule has 0 aliphatic carbocycles. The Morgan fingerprint density at radius 3 is 2.71 bits per heavy atom. The molecule has 0 bridgehead atoms. The highest BCUT2D eigenvalue weighted by atomic mass is 16.5. The summed E-state index contributed by atoms with van der Waals surface area (Å²) in [6.07, 6.45) is 1.13. The van der Waals surface area contributed by atoms with Crippen molar-refractivity contribution in [1.29, 1.82) is 5.26 Å². The Morgan fingerprint density at radius 1 is 2.00 bits per heavy atom. The summed E-state index contributed by atoms with van der Waals surface area (Å²) in [4.78, 5) is 2.08. The van der Waals surface area contributed by atoms with E-state index in [1.54, 1.807) is 0 Å². The van der Waals surface area contributed by atoms with Crippen LogP contribution in [0.25, 0.3) is 10.4 Å². The molecule has 0 amide bonds. The van der Waals surface area contributed by atoms with E-state index >= 15 is 0 Å². The van der Waals surface area contributed by atoms with Crippen LogP contribution in [0.3, 0.4) is 0 Å². The van der Waals surface area contributed by atoms with E-state index in [1.807, 2.05) is 0 Å². The van der Waals surface area contributed by atoms with Gasteiger partial charge in [0.25, 0.3) is 0 Å². The smallest absolute Gasteiger partial charge is 0.190 e. The van der Waals surface area contributed by atoms with Crippen molar-refractivity contribution < 1.29 is 5.21 Å². The molecule has 36 valence electrons. The van der Waals surface area contributed by atoms with E-state index in [0.717, 1.165) is 6.19 Å². The van der Waals surface area contributed by atoms with Crippen molar-refractivity contribution in [3.05, 3.63) is 10.4 Å². The maximum atomic E-state index is 7.91. The van der Waals surface area contributed by atoms with Gasteiger partial charge in [-0.2, -0.15) is 10.1 Å². The summed E-state index contributed by atoms with van der Waals surface area (Å²) in [5.41, 5.74) is 7.47. The number of azide groups is 1. The molecular formula is CHN5O. The molecule has 1 N–H and O–H groups in total. The van der Waals surface area contributed by atoms with Crippen LogP contribution in [0.2, 0.25) is 0 Å². The Balaban J connectivity index is 3.64. The SMILES string of the molecule is N#CN(O)N=[N+]=[N-]. The Morgan fingerprint density at radius 2 is 2.57 bits per heavy atom. The average molecular weight is 99.1 g/mol. The van der Waals surface area contributed by atoms with Crippen LogP contribution < -0.4 is 0 Å². The number of hydrogen-bond donors (Lipinski definition) is 1. The average Bonchev–Trinajstić information content (AvgIpc) is 1.68. The van der Waals surface area contributed by atoms with Gasteiger partial charge >= 0.3 is 6.19 Å². The largest absolute Gasteiger partial charge is 0.329 e. The second kappa shape index (κ2) is 2.78. The summed E-state index contributed by atoms with van der Waals surface area (Å²) in [5, 5.41) is 17.8. The lowest BCUT2D eigenvalue weighted by Crippen LogP contribution is -1.98. The zero-order valence-corrected chi connectivity index (χ0v) is 3.18. The topological polar surface area (TPSA) is 96.0 Å². The quantitative estimate of drug-likeness (QED) is 0.128. The fourth-order valence-corrected chi connectivity index (χ4v) is 0.0579. The van der Waals surface area contributed by atoms with Crippen molar-refractivity contribution in [2.75, 3.05) is 0 Å². The van der Waals surface area contributed by atoms with Gasteiger partial charge in [0.2, 0.25) is 0 Å². The molecule has 6 nitrogen and oxygen atoms in total. The summed E-state index contributed by atoms with van der Waals surface area (Å²) in [7, 11) is 0. The van der Waals surface area contributed by atoms with Gasteiger partial charge in [-0.25, -0.2) is 0 Å². The predicted molar refractivity (Wildman–Crippen MR) is 18.4 cm³/mol. The van der Waals surface area contributed by atoms with Gasteiger partial charge in [0.15, 0.2) is 0 Å². The van der Waals surface area contributed by atoms with Crippen LogP contribution in [0.1, 0.15) is 0 Å². The van der Waals surface area contributed by atoms with Gasteiger partial charge < -0.3 is 0 Å². The molecule has 0 aromatic carbocycles. The van der Waals surface area contributed by atoms with E-state index in [1.165, 1.54) is 0 Å². The van der Waals surface area contributed by atoms with Crippen molar-refractivity contribution >= 4 is 0 Å². The molecule has 0 heterocycles. The zero-order valence-electron chi connectivity index (χ0n) is 3.18. The molecule has 0 rings (SSSR count). The van der Waals surface area contributed by atoms with Gasteiger partial charge in [0, 0.05) is 10.4 Å². The van der Waals surface area contributed by atoms with E-state index in [2.05, 4.69) is 10.1 Å². The maximum absolute atomic E-state index is 7.91. The molecule has 0 aromatic heterocycles. The van der Waals surface area contributed by atoms with Gasteiger partial charge in [0.1, 0.15) is 0 Å². The van der Waals surface area contributed by atoms with Crippen molar-refractivity contribution in [3.63, 3.8) is 0 Å². The minimum atomic E-state index is -0.181. The molecule has 0 radical (unpaired) electrons. The number of hydroxylamine groups is 1. The minimum absolute atomic E-state index is 0.181. The number of hydrogen-bond acceptors (Lipinski definition) is 3. The van der Waals surface area contributed by atoms with E-state index < -0.39 is 0 Å². The highest BCUT2D eigenvalue weighted by Crippen LogP contribution is 1.74. The van der Waals surface area contributed by atoms with Gasteiger partial charge in [-0.1, -0.05) is 0 Å². The third kappa shape index (κ3) is 2.36. The van der Waals surface area contributed by atoms with E-state index in [4.69, 9.17) is 16.0 Å². The minimum Gasteiger partial charge on any atom is -0.190 e. The van der Waals surface area contributed by atoms with Crippen LogP contribution in [0.5, 0.6) is 0 Å². The normalized spacial score (nSPS) is 5.71. The second-order valence-electron chi connectivity index (χ2n) is 0.568. The molecule has 0 spiro atoms. The summed E-state index contributed by atoms with van der Waals surface area (Å²) < 4.78 is 0. The van der Waals surface area contributed by atoms with Gasteiger partial charge in [0.05, 0.1) is 0 Å². The lowest BCUT2D eigenvalue weighted by atomic mass is 11.4. The van der Waals surface area contributed by atoms with Crippen LogP contribution in [-0.4, -0.2) is 10.4 Å². The molecule has 0 unspecified atom stereocenters. The molecule has 6 heteroatoms. The number of nitriles is 1. The fraction of sp³-hybridized carbons (Fsp3) is 0. The highest BCUT2D eigenvalue weighted by Gasteiger charge is 1.87. The first-order chi connectivity index (χ1) is 3.31. The molecule has 0 saturated carbocycles. The lowest BCUT2D eigenvalue weighted by Gasteiger charge is -1.81. The molecule has 0 aromatic rings. The van der Waals surface area contributed by atoms with Crippen LogP contribution in [-0.2, 0) is 0 Å². The van der Waals surface area contributed by atoms with Crippen LogP contribution in [0, 0.1) is 11.5 Å². The van der Waals surface area contributed by atoms with Crippen LogP contribution in [0.4, 0.5) is 0 Å². The lowest BCUT2D eigenvalue weighted by molar-refractivity contribution is -0.0311. The first-order valence-corrected chi connectivity index (χ1v) is 1.25. The number of rotatable bonds is 1. The van der Waals surface area contributed by atoms with E-state index in [-0.39, 0.29) is 5.17 Å². The Bertz CT molecular complexity index is 128. The van der Waals surface area contributed by atoms with Crippen molar-refractivity contribution in [1.82, 2.24) is 5.17 Å². The Kier molecular flexibility index (Phi) is 2.21. The molecule has 0 saturated heterocycles. The first kappa shape index (κ1) is 5.56. The van der Waals surface area contributed by atoms with Gasteiger partial charge in [-0.3, -0.25) is 0 Å². The third-order valence-electron chi connectivity index (χ3n) is 0.214. The summed E-state index contributed by atoms with van der Waals surface area (Å²) >= 11 is 0. The maximum Gasteiger partial charge on any atom is 0.329 e. The Hall–Kier alpha value is -1.44. The van der Waals surface area contributed by atoms with Crippen LogP contribution >= 0.6 is 0 Å². The van der Waals surface area contributed by atoms with E-state index in [0.29, 0.717) is 0 Å². The molecular weight excluding hydrogens is 98.0 g/mol. The summed E-state index contributed by atoms with van der Waals surface area (Å²) in [6, 6.07) is 0. The monoisotopic (exact) mass is 99.0 g/mol. The van der Waals surface area contributed by atoms with Crippen LogP contribution in [0.15, 0.2) is 5.22 Å². The van der Waals surface area contributed by atoms with E-state index in [9.17, 15) is 0 Å². The van der Waals surface area contributed by atoms with Crippen molar-refractivity contribution in [3.8, 4) is 6.19 Å². The third-order valence-corrected chi connectivity index (χ3v) is 0.214. The molecule has 0 fully saturated rings. The molecule has 7 heavy (non-hydrogen) atoms. The van der Waals surface area contributed by atoms with Crippen molar-refractivity contribution in [2.24, 2.45) is 5.22 Å². The molecule has 0 atom stereocenters. The number of nitrogens with zero attached hydrogens (tertiary/aromatic N) is 5. The van der Waals surface area contributed by atoms with Gasteiger partial charge in [-0.05, 0) is 0 Å². The Labute approximate surface area is 38.7 Å². The zero-order chi connectivity index (χ0) is 5.70. The molecule has 0 aliphatic rings. The second-order valence-corrected chi connectivity index (χ2v) is 0.568. The molecule has 0 aliphatic heterocycles.